The molecule has 0 aromatic rings. The Morgan fingerprint density at radius 3 is 2.75 bits per heavy atom. The first-order chi connectivity index (χ1) is 5.81. The van der Waals surface area contributed by atoms with Crippen molar-refractivity contribution in [3.05, 3.63) is 0 Å². The Morgan fingerprint density at radius 1 is 1.42 bits per heavy atom. The minimum absolute atomic E-state index is 0.544. The molecule has 0 amide bonds. The Bertz CT molecular complexity index is 136. The lowest BCUT2D eigenvalue weighted by atomic mass is 10.4. The lowest BCUT2D eigenvalue weighted by Crippen LogP contribution is -2.24. The molecule has 0 aromatic heterocycles. The molecular weight excluding hydrogens is 176 g/mol. The van der Waals surface area contributed by atoms with Gasteiger partial charge in [0.2, 0.25) is 0 Å². The first-order valence-electron chi connectivity index (χ1n) is 4.00. The molecule has 0 bridgehead atoms. The fourth-order valence-electron chi connectivity index (χ4n) is 0.730. The van der Waals surface area contributed by atoms with Gasteiger partial charge in [-0.15, -0.1) is 11.6 Å². The molecule has 0 unspecified atom stereocenters. The maximum Gasteiger partial charge on any atom is 0.0635 e. The molecule has 0 saturated carbocycles. The van der Waals surface area contributed by atoms with Gasteiger partial charge in [0, 0.05) is 25.4 Å². The van der Waals surface area contributed by atoms with E-state index < -0.39 is 0 Å². The van der Waals surface area contributed by atoms with Gasteiger partial charge in [0.05, 0.1) is 19.3 Å². The highest BCUT2D eigenvalue weighted by Gasteiger charge is 1.96. The van der Waals surface area contributed by atoms with Gasteiger partial charge in [-0.2, -0.15) is 5.26 Å². The molecule has 12 heavy (non-hydrogen) atoms. The van der Waals surface area contributed by atoms with Gasteiger partial charge < -0.3 is 9.64 Å². The van der Waals surface area contributed by atoms with Crippen molar-refractivity contribution in [1.82, 2.24) is 4.90 Å². The molecular formula is C8H15ClN2O. The number of hydrogen-bond donors (Lipinski definition) is 0. The molecule has 0 fully saturated rings. The van der Waals surface area contributed by atoms with Crippen LogP contribution in [-0.2, 0) is 4.74 Å². The monoisotopic (exact) mass is 190 g/mol. The predicted octanol–water partition coefficient (Wildman–Crippen LogP) is 1.09. The van der Waals surface area contributed by atoms with E-state index in [0.717, 1.165) is 13.1 Å². The van der Waals surface area contributed by atoms with Gasteiger partial charge in [0.25, 0.3) is 0 Å². The van der Waals surface area contributed by atoms with E-state index in [4.69, 9.17) is 21.6 Å². The summed E-state index contributed by atoms with van der Waals surface area (Å²) < 4.78 is 5.18. The maximum atomic E-state index is 8.30. The topological polar surface area (TPSA) is 36.3 Å². The summed E-state index contributed by atoms with van der Waals surface area (Å²) >= 11 is 5.42. The number of alkyl halides is 1. The van der Waals surface area contributed by atoms with E-state index in [-0.39, 0.29) is 0 Å². The summed E-state index contributed by atoms with van der Waals surface area (Å²) in [5.74, 6) is 0.544. The average molecular weight is 191 g/mol. The summed E-state index contributed by atoms with van der Waals surface area (Å²) in [6, 6.07) is 2.10. The second-order valence-corrected chi connectivity index (χ2v) is 2.89. The fourth-order valence-corrected chi connectivity index (χ4v) is 0.839. The molecule has 70 valence electrons. The molecule has 4 heteroatoms. The van der Waals surface area contributed by atoms with Gasteiger partial charge >= 0.3 is 0 Å². The highest BCUT2D eigenvalue weighted by molar-refractivity contribution is 6.17. The number of hydrogen-bond acceptors (Lipinski definition) is 3. The Morgan fingerprint density at radius 2 is 2.17 bits per heavy atom. The van der Waals surface area contributed by atoms with Crippen molar-refractivity contribution in [2.75, 3.05) is 39.2 Å². The Kier molecular flexibility index (Phi) is 8.57. The van der Waals surface area contributed by atoms with Crippen LogP contribution in [0.1, 0.15) is 6.42 Å². The molecule has 0 aliphatic heterocycles. The van der Waals surface area contributed by atoms with E-state index >= 15 is 0 Å². The molecule has 3 nitrogen and oxygen atoms in total. The molecule has 0 heterocycles. The lowest BCUT2D eigenvalue weighted by Gasteiger charge is -2.13. The van der Waals surface area contributed by atoms with Crippen molar-refractivity contribution in [1.29, 1.82) is 5.26 Å². The van der Waals surface area contributed by atoms with E-state index in [9.17, 15) is 0 Å². The zero-order valence-corrected chi connectivity index (χ0v) is 8.18. The molecule has 0 atom stereocenters. The van der Waals surface area contributed by atoms with Crippen molar-refractivity contribution in [2.24, 2.45) is 0 Å². The average Bonchev–Trinajstić information content (AvgIpc) is 2.09. The van der Waals surface area contributed by atoms with Gasteiger partial charge in [0.1, 0.15) is 0 Å². The second kappa shape index (κ2) is 8.79. The number of ether oxygens (including phenoxy) is 1. The van der Waals surface area contributed by atoms with E-state index in [1.165, 1.54) is 0 Å². The van der Waals surface area contributed by atoms with E-state index in [2.05, 4.69) is 11.0 Å². The summed E-state index contributed by atoms with van der Waals surface area (Å²) in [4.78, 5) is 2.07. The number of likely N-dealkylation sites (N-methyl/N-ethyl adjacent to an activating group) is 1. The van der Waals surface area contributed by atoms with Gasteiger partial charge in [0.15, 0.2) is 0 Å². The lowest BCUT2D eigenvalue weighted by molar-refractivity contribution is 0.124. The Balaban J connectivity index is 3.09. The van der Waals surface area contributed by atoms with Gasteiger partial charge in [-0.1, -0.05) is 0 Å². The summed E-state index contributed by atoms with van der Waals surface area (Å²) in [6.45, 7) is 2.96. The van der Waals surface area contributed by atoms with Crippen LogP contribution in [0.15, 0.2) is 0 Å². The second-order valence-electron chi connectivity index (χ2n) is 2.51. The van der Waals surface area contributed by atoms with Crippen LogP contribution >= 0.6 is 11.6 Å². The minimum atomic E-state index is 0.544. The third kappa shape index (κ3) is 7.80. The number of nitriles is 1. The van der Waals surface area contributed by atoms with Crippen LogP contribution in [0.4, 0.5) is 0 Å². The van der Waals surface area contributed by atoms with Crippen LogP contribution in [0.3, 0.4) is 0 Å². The van der Waals surface area contributed by atoms with Crippen molar-refractivity contribution in [3.8, 4) is 6.07 Å². The highest BCUT2D eigenvalue weighted by atomic mass is 35.5. The van der Waals surface area contributed by atoms with Crippen LogP contribution in [0, 0.1) is 11.3 Å². The first kappa shape index (κ1) is 11.7. The molecule has 0 saturated heterocycles. The zero-order valence-electron chi connectivity index (χ0n) is 7.42. The standard InChI is InChI=1S/C8H15ClN2O/c1-11(5-2-4-10)6-8-12-7-3-9/h2-3,5-8H2,1H3. The Labute approximate surface area is 78.9 Å². The van der Waals surface area contributed by atoms with Gasteiger partial charge in [-0.25, -0.2) is 0 Å². The number of nitrogens with zero attached hydrogens (tertiary/aromatic N) is 2. The molecule has 0 aromatic carbocycles. The third-order valence-electron chi connectivity index (χ3n) is 1.44. The summed E-state index contributed by atoms with van der Waals surface area (Å²) in [6.07, 6.45) is 0.575. The quantitative estimate of drug-likeness (QED) is 0.446. The van der Waals surface area contributed by atoms with Crippen LogP contribution in [-0.4, -0.2) is 44.1 Å². The predicted molar refractivity (Wildman–Crippen MR) is 49.3 cm³/mol. The zero-order chi connectivity index (χ0) is 9.23. The molecule has 0 rings (SSSR count). The summed E-state index contributed by atoms with van der Waals surface area (Å²) in [7, 11) is 1.97. The highest BCUT2D eigenvalue weighted by Crippen LogP contribution is 1.86. The van der Waals surface area contributed by atoms with Crippen molar-refractivity contribution < 1.29 is 4.74 Å². The van der Waals surface area contributed by atoms with Gasteiger partial charge in [-0.05, 0) is 7.05 Å². The number of rotatable bonds is 7. The molecule has 0 spiro atoms. The van der Waals surface area contributed by atoms with E-state index in [1.54, 1.807) is 0 Å². The van der Waals surface area contributed by atoms with Crippen molar-refractivity contribution in [2.45, 2.75) is 6.42 Å². The normalized spacial score (nSPS) is 10.2. The van der Waals surface area contributed by atoms with Crippen LogP contribution in [0.5, 0.6) is 0 Å². The van der Waals surface area contributed by atoms with Crippen molar-refractivity contribution >= 4 is 11.6 Å². The smallest absolute Gasteiger partial charge is 0.0635 e. The van der Waals surface area contributed by atoms with E-state index in [1.807, 2.05) is 7.05 Å². The van der Waals surface area contributed by atoms with Crippen LogP contribution in [0.25, 0.3) is 0 Å². The first-order valence-corrected chi connectivity index (χ1v) is 4.54. The SMILES string of the molecule is CN(CCC#N)CCOCCCl. The molecule has 0 radical (unpaired) electrons. The molecule has 0 aliphatic carbocycles. The fraction of sp³-hybridized carbons (Fsp3) is 0.875. The molecule has 0 N–H and O–H groups in total. The minimum Gasteiger partial charge on any atom is -0.379 e. The van der Waals surface area contributed by atoms with Crippen molar-refractivity contribution in [3.63, 3.8) is 0 Å². The van der Waals surface area contributed by atoms with Crippen LogP contribution < -0.4 is 0 Å². The van der Waals surface area contributed by atoms with E-state index in [0.29, 0.717) is 25.5 Å². The Hall–Kier alpha value is -0.300. The molecule has 0 aliphatic rings. The number of halogens is 1. The largest absolute Gasteiger partial charge is 0.379 e. The third-order valence-corrected chi connectivity index (χ3v) is 1.60. The summed E-state index contributed by atoms with van der Waals surface area (Å²) in [5, 5.41) is 8.30. The maximum absolute atomic E-state index is 8.30. The van der Waals surface area contributed by atoms with Crippen LogP contribution in [0.2, 0.25) is 0 Å². The van der Waals surface area contributed by atoms with Gasteiger partial charge in [-0.3, -0.25) is 0 Å². The summed E-state index contributed by atoms with van der Waals surface area (Å²) in [5.41, 5.74) is 0.